The fourth-order valence-corrected chi connectivity index (χ4v) is 2.32. The summed E-state index contributed by atoms with van der Waals surface area (Å²) in [5.41, 5.74) is 0.625. The van der Waals surface area contributed by atoms with Crippen LogP contribution in [-0.4, -0.2) is 49.0 Å². The van der Waals surface area contributed by atoms with Crippen molar-refractivity contribution in [2.75, 3.05) is 33.9 Å². The van der Waals surface area contributed by atoms with E-state index in [1.165, 1.54) is 0 Å². The zero-order chi connectivity index (χ0) is 14.5. The Labute approximate surface area is 123 Å². The van der Waals surface area contributed by atoms with Crippen LogP contribution in [0.4, 0.5) is 0 Å². The van der Waals surface area contributed by atoms with Crippen molar-refractivity contribution in [1.82, 2.24) is 4.90 Å². The van der Waals surface area contributed by atoms with Gasteiger partial charge in [-0.3, -0.25) is 0 Å². The maximum atomic E-state index is 9.32. The first-order valence-corrected chi connectivity index (χ1v) is 6.96. The Balaban J connectivity index is 2.73. The zero-order valence-electron chi connectivity index (χ0n) is 11.7. The summed E-state index contributed by atoms with van der Waals surface area (Å²) in [4.78, 5) is 2.08. The molecule has 1 aromatic rings. The molecule has 19 heavy (non-hydrogen) atoms. The van der Waals surface area contributed by atoms with Crippen molar-refractivity contribution in [3.05, 3.63) is 28.2 Å². The summed E-state index contributed by atoms with van der Waals surface area (Å²) >= 11 is 3.52. The van der Waals surface area contributed by atoms with Crippen LogP contribution in [0.15, 0.2) is 22.7 Å². The maximum absolute atomic E-state index is 9.32. The molecule has 0 aliphatic carbocycles. The number of ether oxygens (including phenoxy) is 1. The van der Waals surface area contributed by atoms with Gasteiger partial charge in [0.05, 0.1) is 20.3 Å². The average Bonchev–Trinajstić information content (AvgIpc) is 2.41. The van der Waals surface area contributed by atoms with Gasteiger partial charge < -0.3 is 19.8 Å². The highest BCUT2D eigenvalue weighted by Gasteiger charge is 2.24. The standard InChI is InChI=1S/C14H22BrNO3/c1-14(9-17,10-18)8-16(2)7-11-6-12(19-3)4-5-13(11)15/h4-6,17-18H,7-10H2,1-3H3. The lowest BCUT2D eigenvalue weighted by molar-refractivity contribution is 0.0401. The fourth-order valence-electron chi connectivity index (χ4n) is 1.95. The molecule has 0 heterocycles. The van der Waals surface area contributed by atoms with Crippen LogP contribution in [0, 0.1) is 5.41 Å². The van der Waals surface area contributed by atoms with Gasteiger partial charge in [-0.05, 0) is 30.8 Å². The van der Waals surface area contributed by atoms with Gasteiger partial charge in [0.25, 0.3) is 0 Å². The van der Waals surface area contributed by atoms with Crippen LogP contribution in [0.5, 0.6) is 5.75 Å². The van der Waals surface area contributed by atoms with E-state index in [2.05, 4.69) is 20.8 Å². The normalized spacial score (nSPS) is 11.9. The van der Waals surface area contributed by atoms with E-state index in [-0.39, 0.29) is 13.2 Å². The van der Waals surface area contributed by atoms with Gasteiger partial charge >= 0.3 is 0 Å². The van der Waals surface area contributed by atoms with Crippen molar-refractivity contribution in [2.24, 2.45) is 5.41 Å². The Kier molecular flexibility index (Phi) is 6.26. The van der Waals surface area contributed by atoms with Crippen LogP contribution in [-0.2, 0) is 6.54 Å². The molecule has 1 rings (SSSR count). The molecular weight excluding hydrogens is 310 g/mol. The first-order chi connectivity index (χ1) is 8.94. The van der Waals surface area contributed by atoms with Crippen LogP contribution in [0.25, 0.3) is 0 Å². The zero-order valence-corrected chi connectivity index (χ0v) is 13.3. The Morgan fingerprint density at radius 1 is 1.32 bits per heavy atom. The quantitative estimate of drug-likeness (QED) is 0.801. The van der Waals surface area contributed by atoms with E-state index in [4.69, 9.17) is 4.74 Å². The van der Waals surface area contributed by atoms with Crippen molar-refractivity contribution in [1.29, 1.82) is 0 Å². The topological polar surface area (TPSA) is 52.9 Å². The summed E-state index contributed by atoms with van der Waals surface area (Å²) in [5.74, 6) is 0.818. The molecule has 0 fully saturated rings. The summed E-state index contributed by atoms with van der Waals surface area (Å²) in [5, 5.41) is 18.6. The van der Waals surface area contributed by atoms with E-state index in [1.807, 2.05) is 32.2 Å². The monoisotopic (exact) mass is 331 g/mol. The van der Waals surface area contributed by atoms with Gasteiger partial charge in [-0.15, -0.1) is 0 Å². The average molecular weight is 332 g/mol. The Bertz CT molecular complexity index is 408. The van der Waals surface area contributed by atoms with Crippen molar-refractivity contribution in [3.8, 4) is 5.75 Å². The summed E-state index contributed by atoms with van der Waals surface area (Å²) in [6, 6.07) is 5.84. The molecule has 0 spiro atoms. The largest absolute Gasteiger partial charge is 0.497 e. The lowest BCUT2D eigenvalue weighted by Gasteiger charge is -2.30. The minimum atomic E-state index is -0.486. The third-order valence-electron chi connectivity index (χ3n) is 3.11. The lowest BCUT2D eigenvalue weighted by Crippen LogP contribution is -2.38. The molecule has 0 amide bonds. The molecule has 0 bridgehead atoms. The van der Waals surface area contributed by atoms with Crippen LogP contribution >= 0.6 is 15.9 Å². The van der Waals surface area contributed by atoms with Gasteiger partial charge in [-0.2, -0.15) is 0 Å². The summed E-state index contributed by atoms with van der Waals surface area (Å²) in [7, 11) is 3.61. The van der Waals surface area contributed by atoms with E-state index in [9.17, 15) is 10.2 Å². The summed E-state index contributed by atoms with van der Waals surface area (Å²) in [6.45, 7) is 3.13. The second-order valence-corrected chi connectivity index (χ2v) is 6.11. The number of aliphatic hydroxyl groups is 2. The number of methoxy groups -OCH3 is 1. The molecule has 5 heteroatoms. The van der Waals surface area contributed by atoms with Gasteiger partial charge in [-0.25, -0.2) is 0 Å². The molecule has 0 saturated carbocycles. The molecule has 0 saturated heterocycles. The van der Waals surface area contributed by atoms with Crippen LogP contribution in [0.2, 0.25) is 0 Å². The first-order valence-electron chi connectivity index (χ1n) is 6.17. The van der Waals surface area contributed by atoms with E-state index in [1.54, 1.807) is 7.11 Å². The van der Waals surface area contributed by atoms with Crippen LogP contribution < -0.4 is 4.74 Å². The second kappa shape index (κ2) is 7.24. The molecule has 0 aliphatic heterocycles. The number of aliphatic hydroxyl groups excluding tert-OH is 2. The van der Waals surface area contributed by atoms with E-state index < -0.39 is 5.41 Å². The number of hydrogen-bond acceptors (Lipinski definition) is 4. The lowest BCUT2D eigenvalue weighted by atomic mass is 9.92. The minimum Gasteiger partial charge on any atom is -0.497 e. The van der Waals surface area contributed by atoms with E-state index in [0.717, 1.165) is 15.8 Å². The fraction of sp³-hybridized carbons (Fsp3) is 0.571. The van der Waals surface area contributed by atoms with Gasteiger partial charge in [0.2, 0.25) is 0 Å². The molecule has 0 radical (unpaired) electrons. The van der Waals surface area contributed by atoms with Crippen molar-refractivity contribution < 1.29 is 14.9 Å². The SMILES string of the molecule is COc1ccc(Br)c(CN(C)CC(C)(CO)CO)c1. The predicted octanol–water partition coefficient (Wildman–Crippen LogP) is 1.88. The van der Waals surface area contributed by atoms with Crippen molar-refractivity contribution in [2.45, 2.75) is 13.5 Å². The Morgan fingerprint density at radius 2 is 1.95 bits per heavy atom. The van der Waals surface area contributed by atoms with Gasteiger partial charge in [0, 0.05) is 23.0 Å². The van der Waals surface area contributed by atoms with Gasteiger partial charge in [0.15, 0.2) is 0 Å². The smallest absolute Gasteiger partial charge is 0.119 e. The third-order valence-corrected chi connectivity index (χ3v) is 3.88. The maximum Gasteiger partial charge on any atom is 0.119 e. The van der Waals surface area contributed by atoms with Crippen molar-refractivity contribution in [3.63, 3.8) is 0 Å². The van der Waals surface area contributed by atoms with Gasteiger partial charge in [0.1, 0.15) is 5.75 Å². The molecule has 2 N–H and O–H groups in total. The van der Waals surface area contributed by atoms with E-state index >= 15 is 0 Å². The molecule has 0 atom stereocenters. The number of nitrogens with zero attached hydrogens (tertiary/aromatic N) is 1. The van der Waals surface area contributed by atoms with Crippen LogP contribution in [0.3, 0.4) is 0 Å². The van der Waals surface area contributed by atoms with Crippen LogP contribution in [0.1, 0.15) is 12.5 Å². The highest BCUT2D eigenvalue weighted by Crippen LogP contribution is 2.24. The van der Waals surface area contributed by atoms with Gasteiger partial charge in [-0.1, -0.05) is 22.9 Å². The highest BCUT2D eigenvalue weighted by molar-refractivity contribution is 9.10. The van der Waals surface area contributed by atoms with E-state index in [0.29, 0.717) is 13.1 Å². The molecule has 1 aromatic carbocycles. The third kappa shape index (κ3) is 4.76. The highest BCUT2D eigenvalue weighted by atomic mass is 79.9. The molecular formula is C14H22BrNO3. The molecule has 0 aliphatic rings. The summed E-state index contributed by atoms with van der Waals surface area (Å²) < 4.78 is 6.24. The second-order valence-electron chi connectivity index (χ2n) is 5.26. The Hall–Kier alpha value is -0.620. The van der Waals surface area contributed by atoms with Crippen molar-refractivity contribution >= 4 is 15.9 Å². The number of benzene rings is 1. The number of halogens is 1. The molecule has 0 unspecified atom stereocenters. The summed E-state index contributed by atoms with van der Waals surface area (Å²) in [6.07, 6.45) is 0. The molecule has 4 nitrogen and oxygen atoms in total. The first kappa shape index (κ1) is 16.4. The Morgan fingerprint density at radius 3 is 2.47 bits per heavy atom. The molecule has 0 aromatic heterocycles. The minimum absolute atomic E-state index is 0.0346. The molecule has 108 valence electrons. The number of hydrogen-bond donors (Lipinski definition) is 2. The number of rotatable bonds is 7. The predicted molar refractivity (Wildman–Crippen MR) is 79.3 cm³/mol.